The van der Waals surface area contributed by atoms with Crippen LogP contribution in [0.4, 0.5) is 0 Å². The lowest BCUT2D eigenvalue weighted by Crippen LogP contribution is -1.83. The Balaban J connectivity index is 2.62. The second kappa shape index (κ2) is 3.29. The van der Waals surface area contributed by atoms with Crippen LogP contribution in [0, 0.1) is 0 Å². The molecule has 0 amide bonds. The van der Waals surface area contributed by atoms with Gasteiger partial charge in [-0.05, 0) is 30.5 Å². The first-order chi connectivity index (χ1) is 6.16. The molecule has 0 fully saturated rings. The van der Waals surface area contributed by atoms with E-state index in [1.807, 2.05) is 24.3 Å². The van der Waals surface area contributed by atoms with E-state index in [-0.39, 0.29) is 0 Å². The summed E-state index contributed by atoms with van der Waals surface area (Å²) in [6.07, 6.45) is -0.392. The van der Waals surface area contributed by atoms with Gasteiger partial charge in [-0.1, -0.05) is 17.7 Å². The molecule has 1 nitrogen and oxygen atoms in total. The highest BCUT2D eigenvalue weighted by molar-refractivity contribution is 7.19. The molecule has 0 radical (unpaired) electrons. The maximum atomic E-state index is 9.37. The third-order valence-electron chi connectivity index (χ3n) is 1.91. The summed E-state index contributed by atoms with van der Waals surface area (Å²) in [6.45, 7) is 1.77. The SMILES string of the molecule is CC(O)c1cc2ccc(Cl)cc2s1. The molecule has 2 rings (SSSR count). The molecular formula is C10H9ClOS. The lowest BCUT2D eigenvalue weighted by atomic mass is 10.2. The van der Waals surface area contributed by atoms with Gasteiger partial charge in [-0.15, -0.1) is 11.3 Å². The van der Waals surface area contributed by atoms with Gasteiger partial charge in [0.1, 0.15) is 0 Å². The fourth-order valence-corrected chi connectivity index (χ4v) is 2.51. The Morgan fingerprint density at radius 3 is 2.85 bits per heavy atom. The first-order valence-corrected chi connectivity index (χ1v) is 5.23. The topological polar surface area (TPSA) is 20.2 Å². The molecule has 0 aliphatic heterocycles. The van der Waals surface area contributed by atoms with Crippen LogP contribution in [0.25, 0.3) is 10.1 Å². The van der Waals surface area contributed by atoms with Crippen molar-refractivity contribution >= 4 is 33.0 Å². The van der Waals surface area contributed by atoms with Crippen LogP contribution in [0.5, 0.6) is 0 Å². The quantitative estimate of drug-likeness (QED) is 0.766. The molecule has 0 saturated heterocycles. The number of thiophene rings is 1. The van der Waals surface area contributed by atoms with Crippen molar-refractivity contribution in [3.05, 3.63) is 34.2 Å². The van der Waals surface area contributed by atoms with Gasteiger partial charge in [-0.25, -0.2) is 0 Å². The molecule has 0 aliphatic carbocycles. The van der Waals surface area contributed by atoms with Crippen molar-refractivity contribution in [2.75, 3.05) is 0 Å². The highest BCUT2D eigenvalue weighted by Gasteiger charge is 2.06. The summed E-state index contributed by atoms with van der Waals surface area (Å²) in [5, 5.41) is 11.3. The van der Waals surface area contributed by atoms with Gasteiger partial charge >= 0.3 is 0 Å². The second-order valence-corrected chi connectivity index (χ2v) is 4.56. The summed E-state index contributed by atoms with van der Waals surface area (Å²) in [7, 11) is 0. The van der Waals surface area contributed by atoms with E-state index in [9.17, 15) is 5.11 Å². The molecule has 1 heterocycles. The van der Waals surface area contributed by atoms with E-state index in [1.165, 1.54) is 0 Å². The highest BCUT2D eigenvalue weighted by Crippen LogP contribution is 2.31. The Kier molecular flexibility index (Phi) is 2.28. The van der Waals surface area contributed by atoms with E-state index in [2.05, 4.69) is 0 Å². The molecule has 0 aliphatic rings. The van der Waals surface area contributed by atoms with Gasteiger partial charge in [-0.3, -0.25) is 0 Å². The van der Waals surface area contributed by atoms with E-state index in [1.54, 1.807) is 18.3 Å². The minimum Gasteiger partial charge on any atom is -0.388 e. The molecule has 0 saturated carbocycles. The van der Waals surface area contributed by atoms with E-state index in [0.29, 0.717) is 0 Å². The van der Waals surface area contributed by atoms with Crippen molar-refractivity contribution in [3.8, 4) is 0 Å². The normalized spacial score (nSPS) is 13.5. The average molecular weight is 213 g/mol. The van der Waals surface area contributed by atoms with Crippen molar-refractivity contribution in [1.29, 1.82) is 0 Å². The third kappa shape index (κ3) is 1.70. The van der Waals surface area contributed by atoms with Gasteiger partial charge in [0.15, 0.2) is 0 Å². The summed E-state index contributed by atoms with van der Waals surface area (Å²) >= 11 is 7.44. The molecule has 1 N–H and O–H groups in total. The zero-order valence-electron chi connectivity index (χ0n) is 7.12. The van der Waals surface area contributed by atoms with E-state index >= 15 is 0 Å². The van der Waals surface area contributed by atoms with E-state index < -0.39 is 6.10 Å². The fourth-order valence-electron chi connectivity index (χ4n) is 1.23. The van der Waals surface area contributed by atoms with Gasteiger partial charge in [0.2, 0.25) is 0 Å². The van der Waals surface area contributed by atoms with Crippen molar-refractivity contribution in [2.45, 2.75) is 13.0 Å². The van der Waals surface area contributed by atoms with E-state index in [0.717, 1.165) is 20.0 Å². The van der Waals surface area contributed by atoms with Gasteiger partial charge in [0, 0.05) is 14.6 Å². The zero-order chi connectivity index (χ0) is 9.42. The standard InChI is InChI=1S/C10H9ClOS/c1-6(12)9-4-7-2-3-8(11)5-10(7)13-9/h2-6,12H,1H3. The molecule has 1 aromatic heterocycles. The maximum Gasteiger partial charge on any atom is 0.0854 e. The monoisotopic (exact) mass is 212 g/mol. The largest absolute Gasteiger partial charge is 0.388 e. The van der Waals surface area contributed by atoms with Gasteiger partial charge in [-0.2, -0.15) is 0 Å². The van der Waals surface area contributed by atoms with Gasteiger partial charge in [0.05, 0.1) is 6.10 Å². The smallest absolute Gasteiger partial charge is 0.0854 e. The Bertz CT molecular complexity index is 433. The number of fused-ring (bicyclic) bond motifs is 1. The number of hydrogen-bond acceptors (Lipinski definition) is 2. The Labute approximate surface area is 85.6 Å². The molecule has 68 valence electrons. The molecule has 13 heavy (non-hydrogen) atoms. The van der Waals surface area contributed by atoms with Crippen LogP contribution in [0.2, 0.25) is 5.02 Å². The van der Waals surface area contributed by atoms with Crippen LogP contribution in [-0.4, -0.2) is 5.11 Å². The summed E-state index contributed by atoms with van der Waals surface area (Å²) < 4.78 is 1.13. The predicted molar refractivity (Wildman–Crippen MR) is 57.5 cm³/mol. The molecule has 3 heteroatoms. The lowest BCUT2D eigenvalue weighted by molar-refractivity contribution is 0.203. The number of hydrogen-bond donors (Lipinski definition) is 1. The molecule has 2 aromatic rings. The van der Waals surface area contributed by atoms with Crippen LogP contribution in [0.1, 0.15) is 17.9 Å². The summed E-state index contributed by atoms with van der Waals surface area (Å²) in [4.78, 5) is 0.984. The highest BCUT2D eigenvalue weighted by atomic mass is 35.5. The van der Waals surface area contributed by atoms with Crippen LogP contribution in [0.15, 0.2) is 24.3 Å². The van der Waals surface area contributed by atoms with Crippen molar-refractivity contribution in [1.82, 2.24) is 0 Å². The lowest BCUT2D eigenvalue weighted by Gasteiger charge is -1.95. The summed E-state index contributed by atoms with van der Waals surface area (Å²) in [5.74, 6) is 0. The molecule has 1 aromatic carbocycles. The van der Waals surface area contributed by atoms with Gasteiger partial charge in [0.25, 0.3) is 0 Å². The zero-order valence-corrected chi connectivity index (χ0v) is 8.69. The maximum absolute atomic E-state index is 9.37. The fraction of sp³-hybridized carbons (Fsp3) is 0.200. The number of benzene rings is 1. The molecule has 0 spiro atoms. The van der Waals surface area contributed by atoms with Crippen LogP contribution in [0.3, 0.4) is 0 Å². The minimum atomic E-state index is -0.392. The summed E-state index contributed by atoms with van der Waals surface area (Å²) in [5.41, 5.74) is 0. The molecule has 1 atom stereocenters. The van der Waals surface area contributed by atoms with Gasteiger partial charge < -0.3 is 5.11 Å². The number of aliphatic hydroxyl groups excluding tert-OH is 1. The van der Waals surface area contributed by atoms with Crippen molar-refractivity contribution < 1.29 is 5.11 Å². The van der Waals surface area contributed by atoms with Crippen LogP contribution in [-0.2, 0) is 0 Å². The minimum absolute atomic E-state index is 0.392. The summed E-state index contributed by atoms with van der Waals surface area (Å²) in [6, 6.07) is 7.76. The third-order valence-corrected chi connectivity index (χ3v) is 3.42. The predicted octanol–water partition coefficient (Wildman–Crippen LogP) is 3.61. The van der Waals surface area contributed by atoms with Crippen LogP contribution < -0.4 is 0 Å². The number of aliphatic hydroxyl groups is 1. The molecular weight excluding hydrogens is 204 g/mol. The number of halogens is 1. The van der Waals surface area contributed by atoms with Crippen LogP contribution >= 0.6 is 22.9 Å². The van der Waals surface area contributed by atoms with Crippen molar-refractivity contribution in [2.24, 2.45) is 0 Å². The average Bonchev–Trinajstić information content (AvgIpc) is 2.46. The Morgan fingerprint density at radius 1 is 1.38 bits per heavy atom. The Morgan fingerprint density at radius 2 is 2.15 bits per heavy atom. The number of rotatable bonds is 1. The molecule has 0 bridgehead atoms. The second-order valence-electron chi connectivity index (χ2n) is 3.01. The first kappa shape index (κ1) is 9.00. The van der Waals surface area contributed by atoms with E-state index in [4.69, 9.17) is 11.6 Å². The molecule has 1 unspecified atom stereocenters. The van der Waals surface area contributed by atoms with Crippen molar-refractivity contribution in [3.63, 3.8) is 0 Å². The first-order valence-electron chi connectivity index (χ1n) is 4.04. The Hall–Kier alpha value is -0.570.